The summed E-state index contributed by atoms with van der Waals surface area (Å²) < 4.78 is 4.91. The summed E-state index contributed by atoms with van der Waals surface area (Å²) in [5, 5.41) is 6.17. The van der Waals surface area contributed by atoms with Gasteiger partial charge in [-0.3, -0.25) is 14.9 Å². The topological polar surface area (TPSA) is 75.4 Å². The molecular weight excluding hydrogens is 330 g/mol. The zero-order valence-electron chi connectivity index (χ0n) is 14.4. The lowest BCUT2D eigenvalue weighted by atomic mass is 10.1. The number of nitrogens with one attached hydrogen (secondary N) is 1. The maximum atomic E-state index is 12.7. The fourth-order valence-corrected chi connectivity index (χ4v) is 2.55. The molecule has 0 spiro atoms. The van der Waals surface area contributed by atoms with Crippen LogP contribution in [0.4, 0.5) is 5.82 Å². The summed E-state index contributed by atoms with van der Waals surface area (Å²) in [6, 6.07) is 20.7. The Hall–Kier alpha value is -3.41. The Bertz CT molecular complexity index is 834. The number of amides is 2. The van der Waals surface area contributed by atoms with Crippen molar-refractivity contribution in [3.63, 3.8) is 0 Å². The highest BCUT2D eigenvalue weighted by atomic mass is 16.5. The average Bonchev–Trinajstić information content (AvgIpc) is 3.07. The number of rotatable bonds is 5. The van der Waals surface area contributed by atoms with E-state index < -0.39 is 11.8 Å². The van der Waals surface area contributed by atoms with Crippen molar-refractivity contribution in [2.75, 3.05) is 5.32 Å². The van der Waals surface area contributed by atoms with E-state index in [1.165, 1.54) is 4.90 Å². The molecule has 1 aromatic heterocycles. The van der Waals surface area contributed by atoms with Crippen LogP contribution in [-0.2, 0) is 22.7 Å². The number of aryl methyl sites for hydroxylation is 1. The van der Waals surface area contributed by atoms with E-state index in [1.54, 1.807) is 13.0 Å². The van der Waals surface area contributed by atoms with Crippen LogP contribution >= 0.6 is 0 Å². The first-order valence-electron chi connectivity index (χ1n) is 8.23. The van der Waals surface area contributed by atoms with Crippen LogP contribution in [0.1, 0.15) is 16.9 Å². The number of benzene rings is 2. The second-order valence-electron chi connectivity index (χ2n) is 5.91. The van der Waals surface area contributed by atoms with Gasteiger partial charge in [-0.25, -0.2) is 0 Å². The van der Waals surface area contributed by atoms with E-state index in [4.69, 9.17) is 4.52 Å². The van der Waals surface area contributed by atoms with Gasteiger partial charge in [-0.05, 0) is 18.1 Å². The Balaban J connectivity index is 1.76. The molecule has 3 aromatic rings. The maximum absolute atomic E-state index is 12.7. The number of anilines is 1. The molecule has 6 heteroatoms. The number of aromatic nitrogens is 1. The van der Waals surface area contributed by atoms with E-state index >= 15 is 0 Å². The van der Waals surface area contributed by atoms with Crippen molar-refractivity contribution < 1.29 is 14.1 Å². The van der Waals surface area contributed by atoms with Crippen molar-refractivity contribution in [3.8, 4) is 0 Å². The molecule has 6 nitrogen and oxygen atoms in total. The first-order valence-corrected chi connectivity index (χ1v) is 8.23. The first kappa shape index (κ1) is 17.4. The van der Waals surface area contributed by atoms with Crippen molar-refractivity contribution in [2.45, 2.75) is 20.0 Å². The van der Waals surface area contributed by atoms with Crippen LogP contribution in [0, 0.1) is 6.92 Å². The predicted octanol–water partition coefficient (Wildman–Crippen LogP) is 3.15. The fourth-order valence-electron chi connectivity index (χ4n) is 2.55. The quantitative estimate of drug-likeness (QED) is 0.718. The van der Waals surface area contributed by atoms with Gasteiger partial charge in [-0.15, -0.1) is 0 Å². The molecule has 132 valence electrons. The van der Waals surface area contributed by atoms with Gasteiger partial charge in [-0.2, -0.15) is 0 Å². The van der Waals surface area contributed by atoms with Gasteiger partial charge < -0.3 is 9.42 Å². The van der Waals surface area contributed by atoms with E-state index in [1.807, 2.05) is 60.7 Å². The van der Waals surface area contributed by atoms with E-state index in [0.29, 0.717) is 18.8 Å². The van der Waals surface area contributed by atoms with Crippen molar-refractivity contribution in [3.05, 3.63) is 83.6 Å². The first-order chi connectivity index (χ1) is 12.6. The van der Waals surface area contributed by atoms with Crippen molar-refractivity contribution in [1.29, 1.82) is 0 Å². The molecule has 0 radical (unpaired) electrons. The van der Waals surface area contributed by atoms with Crippen LogP contribution in [0.15, 0.2) is 71.3 Å². The Morgan fingerprint density at radius 2 is 1.50 bits per heavy atom. The second kappa shape index (κ2) is 8.11. The third kappa shape index (κ3) is 4.57. The number of hydrogen-bond acceptors (Lipinski definition) is 4. The summed E-state index contributed by atoms with van der Waals surface area (Å²) in [5.74, 6) is -0.595. The van der Waals surface area contributed by atoms with Crippen LogP contribution in [0.3, 0.4) is 0 Å². The maximum Gasteiger partial charge on any atom is 0.315 e. The summed E-state index contributed by atoms with van der Waals surface area (Å²) in [7, 11) is 0. The summed E-state index contributed by atoms with van der Waals surface area (Å²) >= 11 is 0. The van der Waals surface area contributed by atoms with Crippen LogP contribution in [0.2, 0.25) is 0 Å². The highest BCUT2D eigenvalue weighted by molar-refractivity contribution is 6.39. The molecule has 0 atom stereocenters. The van der Waals surface area contributed by atoms with Crippen molar-refractivity contribution in [2.24, 2.45) is 0 Å². The summed E-state index contributed by atoms with van der Waals surface area (Å²) in [6.45, 7) is 2.38. The monoisotopic (exact) mass is 349 g/mol. The molecule has 0 unspecified atom stereocenters. The average molecular weight is 349 g/mol. The summed E-state index contributed by atoms with van der Waals surface area (Å²) in [6.07, 6.45) is 0. The van der Waals surface area contributed by atoms with Gasteiger partial charge in [0.2, 0.25) is 0 Å². The number of carbonyl (C=O) groups excluding carboxylic acids is 2. The minimum absolute atomic E-state index is 0.222. The molecular formula is C20H19N3O3. The van der Waals surface area contributed by atoms with Gasteiger partial charge in [0.05, 0.1) is 0 Å². The van der Waals surface area contributed by atoms with Crippen LogP contribution in [-0.4, -0.2) is 21.9 Å². The fraction of sp³-hybridized carbons (Fsp3) is 0.150. The van der Waals surface area contributed by atoms with Crippen LogP contribution < -0.4 is 5.32 Å². The standard InChI is InChI=1S/C20H19N3O3/c1-15-12-18(22-26-15)21-19(24)20(25)23(13-16-8-4-2-5-9-16)14-17-10-6-3-7-11-17/h2-12H,13-14H2,1H3,(H,21,22,24). The lowest BCUT2D eigenvalue weighted by Crippen LogP contribution is -2.39. The Kier molecular flexibility index (Phi) is 5.43. The van der Waals surface area contributed by atoms with Crippen molar-refractivity contribution >= 4 is 17.6 Å². The summed E-state index contributed by atoms with van der Waals surface area (Å²) in [4.78, 5) is 26.6. The molecule has 0 aliphatic heterocycles. The molecule has 0 fully saturated rings. The Labute approximate surface area is 151 Å². The minimum Gasteiger partial charge on any atom is -0.360 e. The molecule has 0 saturated carbocycles. The lowest BCUT2D eigenvalue weighted by Gasteiger charge is -2.22. The number of nitrogens with zero attached hydrogens (tertiary/aromatic N) is 2. The largest absolute Gasteiger partial charge is 0.360 e. The molecule has 1 N–H and O–H groups in total. The third-order valence-electron chi connectivity index (χ3n) is 3.78. The predicted molar refractivity (Wildman–Crippen MR) is 97.0 cm³/mol. The van der Waals surface area contributed by atoms with Gasteiger partial charge in [0.1, 0.15) is 5.76 Å². The van der Waals surface area contributed by atoms with Gasteiger partial charge in [0, 0.05) is 19.2 Å². The van der Waals surface area contributed by atoms with E-state index in [0.717, 1.165) is 11.1 Å². The summed E-state index contributed by atoms with van der Waals surface area (Å²) in [5.41, 5.74) is 1.89. The normalized spacial score (nSPS) is 10.3. The number of carbonyl (C=O) groups is 2. The van der Waals surface area contributed by atoms with E-state index in [-0.39, 0.29) is 5.82 Å². The molecule has 2 amide bonds. The Morgan fingerprint density at radius 3 is 1.96 bits per heavy atom. The lowest BCUT2D eigenvalue weighted by molar-refractivity contribution is -0.144. The third-order valence-corrected chi connectivity index (χ3v) is 3.78. The molecule has 0 aliphatic carbocycles. The molecule has 26 heavy (non-hydrogen) atoms. The molecule has 1 heterocycles. The van der Waals surface area contributed by atoms with Gasteiger partial charge in [0.25, 0.3) is 0 Å². The van der Waals surface area contributed by atoms with Crippen molar-refractivity contribution in [1.82, 2.24) is 10.1 Å². The molecule has 0 bridgehead atoms. The highest BCUT2D eigenvalue weighted by Crippen LogP contribution is 2.12. The Morgan fingerprint density at radius 1 is 0.962 bits per heavy atom. The van der Waals surface area contributed by atoms with Gasteiger partial charge in [-0.1, -0.05) is 65.8 Å². The minimum atomic E-state index is -0.745. The van der Waals surface area contributed by atoms with E-state index in [9.17, 15) is 9.59 Å². The zero-order chi connectivity index (χ0) is 18.4. The SMILES string of the molecule is Cc1cc(NC(=O)C(=O)N(Cc2ccccc2)Cc2ccccc2)no1. The van der Waals surface area contributed by atoms with Gasteiger partial charge >= 0.3 is 11.8 Å². The van der Waals surface area contributed by atoms with Crippen LogP contribution in [0.25, 0.3) is 0 Å². The smallest absolute Gasteiger partial charge is 0.315 e. The van der Waals surface area contributed by atoms with Crippen LogP contribution in [0.5, 0.6) is 0 Å². The molecule has 0 aliphatic rings. The molecule has 3 rings (SSSR count). The molecule has 0 saturated heterocycles. The zero-order valence-corrected chi connectivity index (χ0v) is 14.4. The second-order valence-corrected chi connectivity index (χ2v) is 5.91. The van der Waals surface area contributed by atoms with Gasteiger partial charge in [0.15, 0.2) is 5.82 Å². The highest BCUT2D eigenvalue weighted by Gasteiger charge is 2.23. The molecule has 2 aromatic carbocycles. The number of hydrogen-bond donors (Lipinski definition) is 1. The van der Waals surface area contributed by atoms with E-state index in [2.05, 4.69) is 10.5 Å².